The van der Waals surface area contributed by atoms with Crippen molar-refractivity contribution in [1.82, 2.24) is 4.72 Å². The fourth-order valence-electron chi connectivity index (χ4n) is 1.12. The van der Waals surface area contributed by atoms with Crippen LogP contribution in [0.4, 0.5) is 5.69 Å². The van der Waals surface area contributed by atoms with Crippen molar-refractivity contribution < 1.29 is 16.8 Å². The van der Waals surface area contributed by atoms with E-state index in [2.05, 4.69) is 20.7 Å². The first-order valence-corrected chi connectivity index (χ1v) is 9.18. The minimum absolute atomic E-state index is 0.0251. The molecule has 0 aromatic heterocycles. The van der Waals surface area contributed by atoms with E-state index in [1.165, 1.54) is 18.2 Å². The summed E-state index contributed by atoms with van der Waals surface area (Å²) in [5.41, 5.74) is 5.97. The van der Waals surface area contributed by atoms with E-state index in [-0.39, 0.29) is 17.2 Å². The minimum atomic E-state index is -3.72. The smallest absolute Gasteiger partial charge is 0.240 e. The maximum atomic E-state index is 11.8. The Morgan fingerprint density at radius 1 is 1.28 bits per heavy atom. The molecule has 0 heterocycles. The molecule has 0 aliphatic rings. The van der Waals surface area contributed by atoms with E-state index in [1.807, 2.05) is 0 Å². The fraction of sp³-hybridized carbons (Fsp3) is 0.333. The van der Waals surface area contributed by atoms with Gasteiger partial charge >= 0.3 is 0 Å². The predicted octanol–water partition coefficient (Wildman–Crippen LogP) is 0.354. The first-order valence-electron chi connectivity index (χ1n) is 4.84. The van der Waals surface area contributed by atoms with Gasteiger partial charge in [-0.3, -0.25) is 0 Å². The molecule has 0 fully saturated rings. The second kappa shape index (κ2) is 5.55. The van der Waals surface area contributed by atoms with Crippen LogP contribution < -0.4 is 10.5 Å². The van der Waals surface area contributed by atoms with Gasteiger partial charge in [0.2, 0.25) is 10.0 Å². The van der Waals surface area contributed by atoms with Crippen molar-refractivity contribution in [2.45, 2.75) is 4.90 Å². The summed E-state index contributed by atoms with van der Waals surface area (Å²) in [5, 5.41) is 0. The van der Waals surface area contributed by atoms with Gasteiger partial charge in [0, 0.05) is 23.0 Å². The Morgan fingerprint density at radius 3 is 2.39 bits per heavy atom. The van der Waals surface area contributed by atoms with Gasteiger partial charge < -0.3 is 5.73 Å². The van der Waals surface area contributed by atoms with Crippen LogP contribution in [0.15, 0.2) is 27.6 Å². The first kappa shape index (κ1) is 15.4. The standard InChI is InChI=1S/C9H13BrN2O4S2/c1-17(13,14)5-4-12-18(15,16)7-2-3-9(11)8(10)6-7/h2-3,6,12H,4-5,11H2,1H3. The highest BCUT2D eigenvalue weighted by molar-refractivity contribution is 9.10. The van der Waals surface area contributed by atoms with Gasteiger partial charge in [0.15, 0.2) is 0 Å². The Labute approximate surface area is 115 Å². The molecule has 0 atom stereocenters. The summed E-state index contributed by atoms with van der Waals surface area (Å²) in [6, 6.07) is 4.16. The molecular weight excluding hydrogens is 344 g/mol. The zero-order valence-corrected chi connectivity index (χ0v) is 12.8. The van der Waals surface area contributed by atoms with Crippen molar-refractivity contribution >= 4 is 41.5 Å². The number of rotatable bonds is 5. The number of anilines is 1. The summed E-state index contributed by atoms with van der Waals surface area (Å²) < 4.78 is 48.1. The van der Waals surface area contributed by atoms with Crippen LogP contribution in [0.5, 0.6) is 0 Å². The Bertz CT molecular complexity index is 641. The molecule has 0 saturated heterocycles. The molecule has 1 rings (SSSR count). The molecule has 0 bridgehead atoms. The van der Waals surface area contributed by atoms with Gasteiger partial charge in [-0.1, -0.05) is 0 Å². The highest BCUT2D eigenvalue weighted by atomic mass is 79.9. The molecule has 0 aliphatic heterocycles. The molecule has 102 valence electrons. The third-order valence-corrected chi connectivity index (χ3v) is 5.14. The summed E-state index contributed by atoms with van der Waals surface area (Å²) in [6.07, 6.45) is 1.04. The van der Waals surface area contributed by atoms with Gasteiger partial charge in [0.1, 0.15) is 9.84 Å². The summed E-state index contributed by atoms with van der Waals surface area (Å²) >= 11 is 3.13. The van der Waals surface area contributed by atoms with Gasteiger partial charge in [0.25, 0.3) is 0 Å². The second-order valence-electron chi connectivity index (χ2n) is 3.71. The van der Waals surface area contributed by atoms with Crippen LogP contribution in [0.3, 0.4) is 0 Å². The van der Waals surface area contributed by atoms with Gasteiger partial charge in [-0.25, -0.2) is 21.6 Å². The normalized spacial score (nSPS) is 12.6. The molecule has 1 aromatic carbocycles. The van der Waals surface area contributed by atoms with Gasteiger partial charge in [-0.05, 0) is 34.1 Å². The number of hydrogen-bond donors (Lipinski definition) is 2. The number of sulfone groups is 1. The number of nitrogens with one attached hydrogen (secondary N) is 1. The molecule has 0 spiro atoms. The zero-order chi connectivity index (χ0) is 14.0. The number of sulfonamides is 1. The quantitative estimate of drug-likeness (QED) is 0.740. The number of nitrogens with two attached hydrogens (primary N) is 1. The van der Waals surface area contributed by atoms with E-state index in [1.54, 1.807) is 0 Å². The van der Waals surface area contributed by atoms with Gasteiger partial charge in [-0.2, -0.15) is 0 Å². The average molecular weight is 357 g/mol. The summed E-state index contributed by atoms with van der Waals surface area (Å²) in [6.45, 7) is -0.164. The van der Waals surface area contributed by atoms with Crippen LogP contribution >= 0.6 is 15.9 Å². The molecule has 0 unspecified atom stereocenters. The molecule has 3 N–H and O–H groups in total. The molecule has 0 radical (unpaired) electrons. The van der Waals surface area contributed by atoms with Crippen LogP contribution in [0.1, 0.15) is 0 Å². The second-order valence-corrected chi connectivity index (χ2v) is 8.59. The fourth-order valence-corrected chi connectivity index (χ4v) is 3.31. The Morgan fingerprint density at radius 2 is 1.89 bits per heavy atom. The Balaban J connectivity index is 2.84. The molecule has 18 heavy (non-hydrogen) atoms. The van der Waals surface area contributed by atoms with Crippen LogP contribution in [-0.4, -0.2) is 35.4 Å². The van der Waals surface area contributed by atoms with Crippen LogP contribution in [0, 0.1) is 0 Å². The van der Waals surface area contributed by atoms with Crippen LogP contribution in [0.25, 0.3) is 0 Å². The lowest BCUT2D eigenvalue weighted by molar-refractivity contribution is 0.582. The largest absolute Gasteiger partial charge is 0.398 e. The number of nitrogen functional groups attached to an aromatic ring is 1. The lowest BCUT2D eigenvalue weighted by Gasteiger charge is -2.07. The first-order chi connectivity index (χ1) is 8.12. The highest BCUT2D eigenvalue weighted by Gasteiger charge is 2.15. The Kier molecular flexibility index (Phi) is 4.76. The van der Waals surface area contributed by atoms with E-state index in [4.69, 9.17) is 5.73 Å². The lowest BCUT2D eigenvalue weighted by atomic mass is 10.3. The van der Waals surface area contributed by atoms with Crippen molar-refractivity contribution in [3.8, 4) is 0 Å². The van der Waals surface area contributed by atoms with Crippen LogP contribution in [-0.2, 0) is 19.9 Å². The number of hydrogen-bond acceptors (Lipinski definition) is 5. The number of halogens is 1. The van der Waals surface area contributed by atoms with E-state index >= 15 is 0 Å². The maximum Gasteiger partial charge on any atom is 0.240 e. The Hall–Kier alpha value is -0.640. The molecule has 0 aliphatic carbocycles. The predicted molar refractivity (Wildman–Crippen MR) is 73.5 cm³/mol. The van der Waals surface area contributed by atoms with Gasteiger partial charge in [0.05, 0.1) is 10.6 Å². The summed E-state index contributed by atoms with van der Waals surface area (Å²) in [4.78, 5) is 0.0251. The molecule has 6 nitrogen and oxygen atoms in total. The maximum absolute atomic E-state index is 11.8. The minimum Gasteiger partial charge on any atom is -0.398 e. The lowest BCUT2D eigenvalue weighted by Crippen LogP contribution is -2.28. The third-order valence-electron chi connectivity index (χ3n) is 2.05. The van der Waals surface area contributed by atoms with E-state index in [9.17, 15) is 16.8 Å². The zero-order valence-electron chi connectivity index (χ0n) is 9.55. The van der Waals surface area contributed by atoms with E-state index in [0.717, 1.165) is 6.26 Å². The van der Waals surface area contributed by atoms with E-state index in [0.29, 0.717) is 10.2 Å². The van der Waals surface area contributed by atoms with Gasteiger partial charge in [-0.15, -0.1) is 0 Å². The van der Waals surface area contributed by atoms with Crippen molar-refractivity contribution in [1.29, 1.82) is 0 Å². The van der Waals surface area contributed by atoms with Crippen molar-refractivity contribution in [2.75, 3.05) is 24.3 Å². The van der Waals surface area contributed by atoms with Crippen molar-refractivity contribution in [3.05, 3.63) is 22.7 Å². The SMILES string of the molecule is CS(=O)(=O)CCNS(=O)(=O)c1ccc(N)c(Br)c1. The monoisotopic (exact) mass is 356 g/mol. The summed E-state index contributed by atoms with van der Waals surface area (Å²) in [5.74, 6) is -0.248. The summed E-state index contributed by atoms with van der Waals surface area (Å²) in [7, 11) is -6.92. The number of benzene rings is 1. The average Bonchev–Trinajstić information content (AvgIpc) is 2.19. The highest BCUT2D eigenvalue weighted by Crippen LogP contribution is 2.22. The molecule has 9 heteroatoms. The molecular formula is C9H13BrN2O4S2. The van der Waals surface area contributed by atoms with Crippen LogP contribution in [0.2, 0.25) is 0 Å². The molecule has 0 amide bonds. The molecule has 0 saturated carbocycles. The third kappa shape index (κ3) is 4.56. The topological polar surface area (TPSA) is 106 Å². The van der Waals surface area contributed by atoms with Crippen molar-refractivity contribution in [3.63, 3.8) is 0 Å². The van der Waals surface area contributed by atoms with E-state index < -0.39 is 19.9 Å². The molecule has 1 aromatic rings. The van der Waals surface area contributed by atoms with Crippen molar-refractivity contribution in [2.24, 2.45) is 0 Å².